The second kappa shape index (κ2) is 10.2. The third-order valence-corrected chi connectivity index (χ3v) is 5.58. The van der Waals surface area contributed by atoms with E-state index in [2.05, 4.69) is 0 Å². The van der Waals surface area contributed by atoms with E-state index in [9.17, 15) is 9.36 Å². The van der Waals surface area contributed by atoms with Crippen molar-refractivity contribution in [1.29, 1.82) is 0 Å². The zero-order chi connectivity index (χ0) is 18.2. The van der Waals surface area contributed by atoms with Gasteiger partial charge < -0.3 is 18.2 Å². The van der Waals surface area contributed by atoms with Crippen LogP contribution in [0.15, 0.2) is 4.42 Å². The molecule has 0 unspecified atom stereocenters. The summed E-state index contributed by atoms with van der Waals surface area (Å²) in [4.78, 5) is 12.4. The monoisotopic (exact) mass is 380 g/mol. The Morgan fingerprint density at radius 3 is 2.29 bits per heavy atom. The van der Waals surface area contributed by atoms with Crippen LogP contribution in [0.2, 0.25) is 0 Å². The van der Waals surface area contributed by atoms with Crippen LogP contribution in [0.4, 0.5) is 0 Å². The number of alkyl halides is 1. The van der Waals surface area contributed by atoms with Gasteiger partial charge in [0.15, 0.2) is 0 Å². The van der Waals surface area contributed by atoms with E-state index in [4.69, 9.17) is 29.8 Å². The molecule has 0 aromatic carbocycles. The molecule has 0 spiro atoms. The maximum absolute atomic E-state index is 12.8. The summed E-state index contributed by atoms with van der Waals surface area (Å²) in [5.41, 5.74) is 0.836. The molecule has 1 aromatic rings. The SMILES string of the molecule is CCOC(=O)c1c(CCCCl)oc(C)c1CP(=O)(OCC)OCC. The summed E-state index contributed by atoms with van der Waals surface area (Å²) < 4.78 is 34.4. The molecule has 24 heavy (non-hydrogen) atoms. The lowest BCUT2D eigenvalue weighted by Gasteiger charge is -2.17. The fourth-order valence-corrected chi connectivity index (χ4v) is 4.34. The van der Waals surface area contributed by atoms with Gasteiger partial charge in [0.05, 0.1) is 26.0 Å². The molecule has 0 atom stereocenters. The number of hydrogen-bond acceptors (Lipinski definition) is 6. The number of esters is 1. The number of furan rings is 1. The Hall–Kier alpha value is -0.810. The van der Waals surface area contributed by atoms with Crippen molar-refractivity contribution in [3.8, 4) is 0 Å². The van der Waals surface area contributed by atoms with Crippen LogP contribution in [-0.4, -0.2) is 31.7 Å². The van der Waals surface area contributed by atoms with Crippen LogP contribution in [0, 0.1) is 6.92 Å². The van der Waals surface area contributed by atoms with E-state index in [0.29, 0.717) is 41.4 Å². The minimum absolute atomic E-state index is 0.0287. The van der Waals surface area contributed by atoms with Gasteiger partial charge in [0, 0.05) is 17.9 Å². The molecule has 6 nitrogen and oxygen atoms in total. The van der Waals surface area contributed by atoms with E-state index in [-0.39, 0.29) is 26.0 Å². The Morgan fingerprint density at radius 1 is 1.17 bits per heavy atom. The van der Waals surface area contributed by atoms with Crippen molar-refractivity contribution in [2.75, 3.05) is 25.7 Å². The molecule has 1 heterocycles. The number of rotatable bonds is 11. The van der Waals surface area contributed by atoms with Crippen molar-refractivity contribution in [2.24, 2.45) is 0 Å². The van der Waals surface area contributed by atoms with Crippen LogP contribution in [-0.2, 0) is 30.9 Å². The molecule has 0 amide bonds. The van der Waals surface area contributed by atoms with Gasteiger partial charge in [0.2, 0.25) is 0 Å². The molecular weight excluding hydrogens is 355 g/mol. The highest BCUT2D eigenvalue weighted by atomic mass is 35.5. The molecule has 138 valence electrons. The van der Waals surface area contributed by atoms with Crippen LogP contribution in [0.25, 0.3) is 0 Å². The first-order chi connectivity index (χ1) is 11.4. The summed E-state index contributed by atoms with van der Waals surface area (Å²) >= 11 is 5.74. The molecule has 1 aromatic heterocycles. The van der Waals surface area contributed by atoms with Gasteiger partial charge in [0.25, 0.3) is 0 Å². The normalized spacial score (nSPS) is 11.7. The fourth-order valence-electron chi connectivity index (χ4n) is 2.39. The second-order valence-electron chi connectivity index (χ2n) is 5.05. The Kier molecular flexibility index (Phi) is 9.06. The largest absolute Gasteiger partial charge is 0.465 e. The van der Waals surface area contributed by atoms with Crippen LogP contribution in [0.5, 0.6) is 0 Å². The zero-order valence-corrected chi connectivity index (χ0v) is 16.4. The molecular formula is C16H26ClO6P. The minimum Gasteiger partial charge on any atom is -0.465 e. The van der Waals surface area contributed by atoms with E-state index in [1.165, 1.54) is 0 Å². The highest BCUT2D eigenvalue weighted by molar-refractivity contribution is 7.53. The third-order valence-electron chi connectivity index (χ3n) is 3.30. The second-order valence-corrected chi connectivity index (χ2v) is 7.48. The Morgan fingerprint density at radius 2 is 1.79 bits per heavy atom. The van der Waals surface area contributed by atoms with Gasteiger partial charge in [-0.1, -0.05) is 0 Å². The number of halogens is 1. The maximum Gasteiger partial charge on any atom is 0.342 e. The van der Waals surface area contributed by atoms with Crippen molar-refractivity contribution >= 4 is 25.2 Å². The maximum atomic E-state index is 12.8. The molecule has 0 bridgehead atoms. The Labute approximate surface area is 148 Å². The van der Waals surface area contributed by atoms with Gasteiger partial charge >= 0.3 is 13.6 Å². The van der Waals surface area contributed by atoms with Gasteiger partial charge in [-0.05, 0) is 34.1 Å². The lowest BCUT2D eigenvalue weighted by atomic mass is 10.1. The lowest BCUT2D eigenvalue weighted by Crippen LogP contribution is -2.10. The number of carbonyl (C=O) groups is 1. The van der Waals surface area contributed by atoms with E-state index in [1.807, 2.05) is 0 Å². The van der Waals surface area contributed by atoms with Crippen molar-refractivity contribution < 1.29 is 27.6 Å². The molecule has 0 saturated heterocycles. The van der Waals surface area contributed by atoms with E-state index < -0.39 is 13.6 Å². The number of hydrogen-bond donors (Lipinski definition) is 0. The summed E-state index contributed by atoms with van der Waals surface area (Å²) in [6.45, 7) is 7.69. The summed E-state index contributed by atoms with van der Waals surface area (Å²) in [5.74, 6) is 0.977. The van der Waals surface area contributed by atoms with Crippen LogP contribution in [0.3, 0.4) is 0 Å². The molecule has 0 radical (unpaired) electrons. The van der Waals surface area contributed by atoms with Gasteiger partial charge in [-0.2, -0.15) is 0 Å². The highest BCUT2D eigenvalue weighted by Gasteiger charge is 2.32. The van der Waals surface area contributed by atoms with Crippen LogP contribution in [0.1, 0.15) is 54.6 Å². The summed E-state index contributed by atoms with van der Waals surface area (Å²) in [5, 5.41) is 0. The minimum atomic E-state index is -3.36. The molecule has 0 aliphatic carbocycles. The number of carbonyl (C=O) groups excluding carboxylic acids is 1. The fraction of sp³-hybridized carbons (Fsp3) is 0.688. The first-order valence-electron chi connectivity index (χ1n) is 8.14. The average molecular weight is 381 g/mol. The predicted molar refractivity (Wildman–Crippen MR) is 93.0 cm³/mol. The number of ether oxygens (including phenoxy) is 1. The highest BCUT2D eigenvalue weighted by Crippen LogP contribution is 2.52. The Bertz CT molecular complexity index is 573. The van der Waals surface area contributed by atoms with Crippen molar-refractivity contribution in [1.82, 2.24) is 0 Å². The summed E-state index contributed by atoms with van der Waals surface area (Å²) in [6.07, 6.45) is 1.14. The third kappa shape index (κ3) is 5.62. The molecule has 0 aliphatic rings. The average Bonchev–Trinajstić information content (AvgIpc) is 2.81. The Balaban J connectivity index is 3.26. The first-order valence-corrected chi connectivity index (χ1v) is 10.4. The first kappa shape index (κ1) is 21.2. The van der Waals surface area contributed by atoms with E-state index in [0.717, 1.165) is 0 Å². The van der Waals surface area contributed by atoms with E-state index >= 15 is 0 Å². The van der Waals surface area contributed by atoms with Crippen molar-refractivity contribution in [2.45, 2.75) is 46.7 Å². The van der Waals surface area contributed by atoms with Crippen LogP contribution < -0.4 is 0 Å². The van der Waals surface area contributed by atoms with Crippen molar-refractivity contribution in [3.05, 3.63) is 22.6 Å². The predicted octanol–water partition coefficient (Wildman–Crippen LogP) is 4.70. The molecule has 1 rings (SSSR count). The van der Waals surface area contributed by atoms with Gasteiger partial charge in [-0.25, -0.2) is 4.79 Å². The topological polar surface area (TPSA) is 75.0 Å². The summed E-state index contributed by atoms with van der Waals surface area (Å²) in [7, 11) is -3.36. The lowest BCUT2D eigenvalue weighted by molar-refractivity contribution is 0.0523. The van der Waals surface area contributed by atoms with E-state index in [1.54, 1.807) is 27.7 Å². The van der Waals surface area contributed by atoms with Gasteiger partial charge in [-0.3, -0.25) is 4.57 Å². The van der Waals surface area contributed by atoms with Gasteiger partial charge in [0.1, 0.15) is 17.1 Å². The standard InChI is InChI=1S/C16H26ClO6P/c1-5-20-16(18)15-13(11-24(19,21-6-2)22-7-3)12(4)23-14(15)9-8-10-17/h5-11H2,1-4H3. The molecule has 0 saturated carbocycles. The summed E-state index contributed by atoms with van der Waals surface area (Å²) in [6, 6.07) is 0. The molecule has 0 aliphatic heterocycles. The smallest absolute Gasteiger partial charge is 0.342 e. The molecule has 8 heteroatoms. The molecule has 0 N–H and O–H groups in total. The van der Waals surface area contributed by atoms with Gasteiger partial charge in [-0.15, -0.1) is 11.6 Å². The quantitative estimate of drug-likeness (QED) is 0.314. The van der Waals surface area contributed by atoms with Crippen LogP contribution >= 0.6 is 19.2 Å². The molecule has 0 fully saturated rings. The zero-order valence-electron chi connectivity index (χ0n) is 14.7. The number of aryl methyl sites for hydroxylation is 2. The van der Waals surface area contributed by atoms with Crippen molar-refractivity contribution in [3.63, 3.8) is 0 Å².